The second kappa shape index (κ2) is 6.98. The predicted molar refractivity (Wildman–Crippen MR) is 69.1 cm³/mol. The summed E-state index contributed by atoms with van der Waals surface area (Å²) in [6, 6.07) is 1.79. The molecule has 0 aliphatic carbocycles. The molecule has 1 aromatic carbocycles. The fourth-order valence-electron chi connectivity index (χ4n) is 1.81. The maximum atomic E-state index is 13.0. The molecule has 1 amide bonds. The summed E-state index contributed by atoms with van der Waals surface area (Å²) in [5.74, 6) is -3.49. The lowest BCUT2D eigenvalue weighted by atomic mass is 9.99. The summed E-state index contributed by atoms with van der Waals surface area (Å²) in [6.45, 7) is 3.52. The second-order valence-electron chi connectivity index (χ2n) is 4.72. The molecule has 20 heavy (non-hydrogen) atoms. The summed E-state index contributed by atoms with van der Waals surface area (Å²) >= 11 is 0. The fourth-order valence-corrected chi connectivity index (χ4v) is 1.81. The normalized spacial score (nSPS) is 13.6. The Morgan fingerprint density at radius 1 is 1.25 bits per heavy atom. The lowest BCUT2D eigenvalue weighted by molar-refractivity contribution is -0.143. The van der Waals surface area contributed by atoms with Crippen molar-refractivity contribution in [3.63, 3.8) is 0 Å². The lowest BCUT2D eigenvalue weighted by Crippen LogP contribution is -2.45. The number of aliphatic carboxylic acids is 1. The predicted octanol–water partition coefficient (Wildman–Crippen LogP) is 2.12. The summed E-state index contributed by atoms with van der Waals surface area (Å²) in [7, 11) is 0. The maximum absolute atomic E-state index is 13.0. The van der Waals surface area contributed by atoms with Gasteiger partial charge in [-0.25, -0.2) is 13.6 Å². The quantitative estimate of drug-likeness (QED) is 0.841. The SMILES string of the molecule is CC[C@H](C)[C@@H](NC(=O)Cc1cc(F)cc(F)c1)C(=O)O. The van der Waals surface area contributed by atoms with Crippen molar-refractivity contribution in [2.75, 3.05) is 0 Å². The number of benzene rings is 1. The largest absolute Gasteiger partial charge is 0.480 e. The van der Waals surface area contributed by atoms with E-state index in [-0.39, 0.29) is 17.9 Å². The van der Waals surface area contributed by atoms with Crippen molar-refractivity contribution >= 4 is 11.9 Å². The van der Waals surface area contributed by atoms with Crippen LogP contribution in [0, 0.1) is 17.6 Å². The van der Waals surface area contributed by atoms with Gasteiger partial charge in [0.15, 0.2) is 0 Å². The summed E-state index contributed by atoms with van der Waals surface area (Å²) in [5, 5.41) is 11.4. The molecular formula is C14H17F2NO3. The van der Waals surface area contributed by atoms with Crippen molar-refractivity contribution in [1.82, 2.24) is 5.32 Å². The van der Waals surface area contributed by atoms with Gasteiger partial charge in [-0.05, 0) is 23.6 Å². The second-order valence-corrected chi connectivity index (χ2v) is 4.72. The Morgan fingerprint density at radius 2 is 1.80 bits per heavy atom. The average Bonchev–Trinajstić information content (AvgIpc) is 2.33. The van der Waals surface area contributed by atoms with Crippen molar-refractivity contribution in [3.8, 4) is 0 Å². The third-order valence-corrected chi connectivity index (χ3v) is 3.08. The van der Waals surface area contributed by atoms with Crippen LogP contribution in [-0.4, -0.2) is 23.0 Å². The zero-order valence-corrected chi connectivity index (χ0v) is 11.3. The van der Waals surface area contributed by atoms with Crippen molar-refractivity contribution in [2.24, 2.45) is 5.92 Å². The summed E-state index contributed by atoms with van der Waals surface area (Å²) < 4.78 is 26.0. The van der Waals surface area contributed by atoms with E-state index in [1.165, 1.54) is 0 Å². The van der Waals surface area contributed by atoms with Crippen LogP contribution in [0.3, 0.4) is 0 Å². The highest BCUT2D eigenvalue weighted by Crippen LogP contribution is 2.11. The van der Waals surface area contributed by atoms with Gasteiger partial charge in [-0.2, -0.15) is 0 Å². The van der Waals surface area contributed by atoms with E-state index in [0.717, 1.165) is 12.1 Å². The Bertz CT molecular complexity index is 485. The Balaban J connectivity index is 2.73. The Labute approximate surface area is 115 Å². The van der Waals surface area contributed by atoms with Crippen molar-refractivity contribution < 1.29 is 23.5 Å². The van der Waals surface area contributed by atoms with Crippen LogP contribution in [0.15, 0.2) is 18.2 Å². The van der Waals surface area contributed by atoms with Gasteiger partial charge in [0.05, 0.1) is 6.42 Å². The molecule has 0 aromatic heterocycles. The number of carbonyl (C=O) groups excluding carboxylic acids is 1. The molecule has 0 fully saturated rings. The highest BCUT2D eigenvalue weighted by molar-refractivity contribution is 5.85. The van der Waals surface area contributed by atoms with Gasteiger partial charge >= 0.3 is 5.97 Å². The summed E-state index contributed by atoms with van der Waals surface area (Å²) in [6.07, 6.45) is 0.320. The number of amides is 1. The van der Waals surface area contributed by atoms with Crippen LogP contribution in [0.5, 0.6) is 0 Å². The van der Waals surface area contributed by atoms with E-state index in [0.29, 0.717) is 12.5 Å². The molecule has 0 bridgehead atoms. The molecule has 2 N–H and O–H groups in total. The van der Waals surface area contributed by atoms with Gasteiger partial charge in [0, 0.05) is 6.07 Å². The molecule has 0 heterocycles. The minimum absolute atomic E-state index is 0.160. The number of carboxylic acid groups (broad SMARTS) is 1. The molecule has 6 heteroatoms. The zero-order chi connectivity index (χ0) is 15.3. The van der Waals surface area contributed by atoms with Gasteiger partial charge in [-0.1, -0.05) is 20.3 Å². The molecule has 2 atom stereocenters. The molecule has 0 radical (unpaired) electrons. The van der Waals surface area contributed by atoms with Gasteiger partial charge in [0.2, 0.25) is 5.91 Å². The minimum atomic E-state index is -1.13. The molecule has 0 aliphatic rings. The van der Waals surface area contributed by atoms with E-state index < -0.39 is 29.6 Å². The van der Waals surface area contributed by atoms with Gasteiger partial charge in [0.1, 0.15) is 17.7 Å². The van der Waals surface area contributed by atoms with Gasteiger partial charge in [-0.3, -0.25) is 4.79 Å². The van der Waals surface area contributed by atoms with Crippen molar-refractivity contribution in [1.29, 1.82) is 0 Å². The van der Waals surface area contributed by atoms with Crippen LogP contribution < -0.4 is 5.32 Å². The Kier molecular flexibility index (Phi) is 5.61. The topological polar surface area (TPSA) is 66.4 Å². The first-order chi connectivity index (χ1) is 9.33. The average molecular weight is 285 g/mol. The smallest absolute Gasteiger partial charge is 0.326 e. The van der Waals surface area contributed by atoms with E-state index in [1.54, 1.807) is 6.92 Å². The molecule has 110 valence electrons. The zero-order valence-electron chi connectivity index (χ0n) is 11.3. The lowest BCUT2D eigenvalue weighted by Gasteiger charge is -2.20. The fraction of sp³-hybridized carbons (Fsp3) is 0.429. The molecule has 0 saturated heterocycles. The number of hydrogen-bond donors (Lipinski definition) is 2. The van der Waals surface area contributed by atoms with E-state index in [1.807, 2.05) is 6.92 Å². The van der Waals surface area contributed by atoms with Gasteiger partial charge in [0.25, 0.3) is 0 Å². The molecule has 0 aliphatic heterocycles. The number of halogens is 2. The van der Waals surface area contributed by atoms with Crippen molar-refractivity contribution in [2.45, 2.75) is 32.7 Å². The Morgan fingerprint density at radius 3 is 2.25 bits per heavy atom. The van der Waals surface area contributed by atoms with Gasteiger partial charge < -0.3 is 10.4 Å². The highest BCUT2D eigenvalue weighted by atomic mass is 19.1. The first-order valence-corrected chi connectivity index (χ1v) is 6.30. The molecule has 1 aromatic rings. The third kappa shape index (κ3) is 4.60. The summed E-state index contributed by atoms with van der Waals surface area (Å²) in [5.41, 5.74) is 0.160. The van der Waals surface area contributed by atoms with Crippen molar-refractivity contribution in [3.05, 3.63) is 35.4 Å². The van der Waals surface area contributed by atoms with Crippen LogP contribution in [0.25, 0.3) is 0 Å². The van der Waals surface area contributed by atoms with Crippen LogP contribution in [0.2, 0.25) is 0 Å². The van der Waals surface area contributed by atoms with Crippen LogP contribution in [0.1, 0.15) is 25.8 Å². The molecule has 0 spiro atoms. The number of nitrogens with one attached hydrogen (secondary N) is 1. The molecule has 4 nitrogen and oxygen atoms in total. The first kappa shape index (κ1) is 16.1. The molecular weight excluding hydrogens is 268 g/mol. The molecule has 0 unspecified atom stereocenters. The Hall–Kier alpha value is -1.98. The van der Waals surface area contributed by atoms with Gasteiger partial charge in [-0.15, -0.1) is 0 Å². The highest BCUT2D eigenvalue weighted by Gasteiger charge is 2.25. The van der Waals surface area contributed by atoms with E-state index in [2.05, 4.69) is 5.32 Å². The van der Waals surface area contributed by atoms with Crippen LogP contribution >= 0.6 is 0 Å². The molecule has 0 saturated carbocycles. The van der Waals surface area contributed by atoms with Crippen LogP contribution in [-0.2, 0) is 16.0 Å². The maximum Gasteiger partial charge on any atom is 0.326 e. The van der Waals surface area contributed by atoms with Crippen LogP contribution in [0.4, 0.5) is 8.78 Å². The minimum Gasteiger partial charge on any atom is -0.480 e. The molecule has 1 rings (SSSR count). The monoisotopic (exact) mass is 285 g/mol. The standard InChI is InChI=1S/C14H17F2NO3/c1-3-8(2)13(14(19)20)17-12(18)6-9-4-10(15)7-11(16)5-9/h4-5,7-8,13H,3,6H2,1-2H3,(H,17,18)(H,19,20)/t8-,13+/m0/s1. The van der Waals surface area contributed by atoms with E-state index >= 15 is 0 Å². The first-order valence-electron chi connectivity index (χ1n) is 6.30. The third-order valence-electron chi connectivity index (χ3n) is 3.08. The number of hydrogen-bond acceptors (Lipinski definition) is 2. The summed E-state index contributed by atoms with van der Waals surface area (Å²) in [4.78, 5) is 22.8. The number of rotatable bonds is 6. The van der Waals surface area contributed by atoms with E-state index in [4.69, 9.17) is 5.11 Å². The number of carboxylic acids is 1. The number of carbonyl (C=O) groups is 2. The van der Waals surface area contributed by atoms with E-state index in [9.17, 15) is 18.4 Å².